The highest BCUT2D eigenvalue weighted by atomic mass is 19.1. The summed E-state index contributed by atoms with van der Waals surface area (Å²) in [4.78, 5) is 4.35. The molecule has 4 heteroatoms. The standard InChI is InChI=1S/C19H15FN2O/c1-2-4-18-21-19(22-23-18)16-11-9-14(10-12-16)7-8-15-5-3-6-17(20)13-15/h3,5-6,9-13H,2,4H2,1H3. The van der Waals surface area contributed by atoms with E-state index >= 15 is 0 Å². The highest BCUT2D eigenvalue weighted by Gasteiger charge is 2.07. The average molecular weight is 306 g/mol. The molecule has 3 nitrogen and oxygen atoms in total. The summed E-state index contributed by atoms with van der Waals surface area (Å²) in [6.07, 6.45) is 1.75. The molecule has 0 spiro atoms. The van der Waals surface area contributed by atoms with Crippen LogP contribution in [0, 0.1) is 17.7 Å². The summed E-state index contributed by atoms with van der Waals surface area (Å²) in [5.74, 6) is 6.90. The zero-order valence-corrected chi connectivity index (χ0v) is 12.7. The lowest BCUT2D eigenvalue weighted by Gasteiger charge is -1.95. The van der Waals surface area contributed by atoms with E-state index < -0.39 is 0 Å². The van der Waals surface area contributed by atoms with Gasteiger partial charge in [0, 0.05) is 23.1 Å². The summed E-state index contributed by atoms with van der Waals surface area (Å²) in [5.41, 5.74) is 2.37. The van der Waals surface area contributed by atoms with E-state index in [0.29, 0.717) is 17.3 Å². The minimum Gasteiger partial charge on any atom is -0.339 e. The Labute approximate surface area is 134 Å². The van der Waals surface area contributed by atoms with Gasteiger partial charge in [-0.25, -0.2) is 4.39 Å². The fourth-order valence-corrected chi connectivity index (χ4v) is 2.10. The third-order valence-electron chi connectivity index (χ3n) is 3.25. The van der Waals surface area contributed by atoms with Gasteiger partial charge in [-0.15, -0.1) is 0 Å². The van der Waals surface area contributed by atoms with E-state index in [-0.39, 0.29) is 5.82 Å². The third kappa shape index (κ3) is 3.83. The van der Waals surface area contributed by atoms with Gasteiger partial charge in [0.25, 0.3) is 0 Å². The molecule has 1 heterocycles. The van der Waals surface area contributed by atoms with Crippen LogP contribution in [-0.2, 0) is 6.42 Å². The average Bonchev–Trinajstić information content (AvgIpc) is 3.03. The van der Waals surface area contributed by atoms with Gasteiger partial charge in [-0.05, 0) is 48.9 Å². The molecule has 0 bridgehead atoms. The Balaban J connectivity index is 1.77. The Morgan fingerprint density at radius 2 is 1.83 bits per heavy atom. The molecule has 0 radical (unpaired) electrons. The maximum atomic E-state index is 13.1. The molecule has 3 rings (SSSR count). The second-order valence-electron chi connectivity index (χ2n) is 5.10. The molecule has 23 heavy (non-hydrogen) atoms. The SMILES string of the molecule is CCCc1nc(-c2ccc(C#Cc3cccc(F)c3)cc2)no1. The fraction of sp³-hybridized carbons (Fsp3) is 0.158. The first kappa shape index (κ1) is 15.0. The highest BCUT2D eigenvalue weighted by Crippen LogP contribution is 2.17. The van der Waals surface area contributed by atoms with Crippen LogP contribution in [0.15, 0.2) is 53.1 Å². The first-order chi connectivity index (χ1) is 11.2. The van der Waals surface area contributed by atoms with Crippen molar-refractivity contribution in [3.63, 3.8) is 0 Å². The monoisotopic (exact) mass is 306 g/mol. The minimum absolute atomic E-state index is 0.285. The van der Waals surface area contributed by atoms with Gasteiger partial charge in [0.05, 0.1) is 0 Å². The van der Waals surface area contributed by atoms with Crippen molar-refractivity contribution in [2.24, 2.45) is 0 Å². The second-order valence-corrected chi connectivity index (χ2v) is 5.10. The van der Waals surface area contributed by atoms with Crippen LogP contribution in [0.5, 0.6) is 0 Å². The molecular formula is C19H15FN2O. The van der Waals surface area contributed by atoms with Crippen molar-refractivity contribution in [3.8, 4) is 23.2 Å². The Morgan fingerprint density at radius 1 is 1.04 bits per heavy atom. The first-order valence-corrected chi connectivity index (χ1v) is 7.45. The van der Waals surface area contributed by atoms with Crippen LogP contribution >= 0.6 is 0 Å². The summed E-state index contributed by atoms with van der Waals surface area (Å²) in [6.45, 7) is 2.07. The molecule has 0 saturated carbocycles. The van der Waals surface area contributed by atoms with Gasteiger partial charge in [0.1, 0.15) is 5.82 Å². The quantitative estimate of drug-likeness (QED) is 0.680. The summed E-state index contributed by atoms with van der Waals surface area (Å²) in [5, 5.41) is 3.97. The van der Waals surface area contributed by atoms with Crippen LogP contribution in [0.2, 0.25) is 0 Å². The fourth-order valence-electron chi connectivity index (χ4n) is 2.10. The molecule has 0 fully saturated rings. The molecule has 2 aromatic carbocycles. The van der Waals surface area contributed by atoms with E-state index in [4.69, 9.17) is 4.52 Å². The number of hydrogen-bond donors (Lipinski definition) is 0. The second kappa shape index (κ2) is 6.89. The molecule has 0 aliphatic heterocycles. The Kier molecular flexibility index (Phi) is 4.49. The van der Waals surface area contributed by atoms with Crippen molar-refractivity contribution in [2.45, 2.75) is 19.8 Å². The van der Waals surface area contributed by atoms with Gasteiger partial charge in [0.15, 0.2) is 0 Å². The van der Waals surface area contributed by atoms with Gasteiger partial charge < -0.3 is 4.52 Å². The number of hydrogen-bond acceptors (Lipinski definition) is 3. The molecule has 0 aliphatic carbocycles. The van der Waals surface area contributed by atoms with Crippen LogP contribution in [0.3, 0.4) is 0 Å². The molecule has 3 aromatic rings. The smallest absolute Gasteiger partial charge is 0.226 e. The Hall–Kier alpha value is -2.93. The maximum absolute atomic E-state index is 13.1. The lowest BCUT2D eigenvalue weighted by molar-refractivity contribution is 0.378. The minimum atomic E-state index is -0.285. The largest absolute Gasteiger partial charge is 0.339 e. The van der Waals surface area contributed by atoms with Gasteiger partial charge in [-0.2, -0.15) is 4.98 Å². The van der Waals surface area contributed by atoms with Crippen LogP contribution in [0.4, 0.5) is 4.39 Å². The topological polar surface area (TPSA) is 38.9 Å². The molecule has 0 N–H and O–H groups in total. The van der Waals surface area contributed by atoms with Crippen LogP contribution in [-0.4, -0.2) is 10.1 Å². The Morgan fingerprint density at radius 3 is 2.57 bits per heavy atom. The van der Waals surface area contributed by atoms with Crippen molar-refractivity contribution in [1.29, 1.82) is 0 Å². The molecule has 0 saturated heterocycles. The van der Waals surface area contributed by atoms with E-state index in [9.17, 15) is 4.39 Å². The summed E-state index contributed by atoms with van der Waals surface area (Å²) in [7, 11) is 0. The van der Waals surface area contributed by atoms with Crippen LogP contribution in [0.25, 0.3) is 11.4 Å². The summed E-state index contributed by atoms with van der Waals surface area (Å²) in [6, 6.07) is 13.8. The number of benzene rings is 2. The molecule has 0 unspecified atom stereocenters. The van der Waals surface area contributed by atoms with E-state index in [1.165, 1.54) is 12.1 Å². The lowest BCUT2D eigenvalue weighted by Crippen LogP contribution is -1.84. The molecular weight excluding hydrogens is 291 g/mol. The number of aromatic nitrogens is 2. The molecule has 0 amide bonds. The summed E-state index contributed by atoms with van der Waals surface area (Å²) >= 11 is 0. The zero-order chi connectivity index (χ0) is 16.1. The molecule has 0 atom stereocenters. The van der Waals surface area contributed by atoms with E-state index in [1.54, 1.807) is 12.1 Å². The zero-order valence-electron chi connectivity index (χ0n) is 12.7. The van der Waals surface area contributed by atoms with Gasteiger partial charge >= 0.3 is 0 Å². The molecule has 1 aromatic heterocycles. The molecule has 0 aliphatic rings. The van der Waals surface area contributed by atoms with Gasteiger partial charge in [-0.3, -0.25) is 0 Å². The van der Waals surface area contributed by atoms with E-state index in [1.807, 2.05) is 24.3 Å². The Bertz CT molecular complexity index is 857. The number of nitrogens with zero attached hydrogens (tertiary/aromatic N) is 2. The van der Waals surface area contributed by atoms with E-state index in [0.717, 1.165) is 24.0 Å². The number of rotatable bonds is 3. The van der Waals surface area contributed by atoms with Crippen molar-refractivity contribution in [2.75, 3.05) is 0 Å². The van der Waals surface area contributed by atoms with Crippen LogP contribution in [0.1, 0.15) is 30.4 Å². The van der Waals surface area contributed by atoms with Gasteiger partial charge in [0.2, 0.25) is 11.7 Å². The van der Waals surface area contributed by atoms with E-state index in [2.05, 4.69) is 28.9 Å². The predicted molar refractivity (Wildman–Crippen MR) is 86.1 cm³/mol. The highest BCUT2D eigenvalue weighted by molar-refractivity contribution is 5.56. The number of halogens is 1. The lowest BCUT2D eigenvalue weighted by atomic mass is 10.1. The summed E-state index contributed by atoms with van der Waals surface area (Å²) < 4.78 is 18.3. The third-order valence-corrected chi connectivity index (χ3v) is 3.25. The van der Waals surface area contributed by atoms with Gasteiger partial charge in [-0.1, -0.05) is 30.0 Å². The van der Waals surface area contributed by atoms with Crippen molar-refractivity contribution < 1.29 is 8.91 Å². The molecule has 114 valence electrons. The normalized spacial score (nSPS) is 10.2. The van der Waals surface area contributed by atoms with Crippen molar-refractivity contribution >= 4 is 0 Å². The first-order valence-electron chi connectivity index (χ1n) is 7.45. The van der Waals surface area contributed by atoms with Crippen LogP contribution < -0.4 is 0 Å². The van der Waals surface area contributed by atoms with Crippen molar-refractivity contribution in [3.05, 3.63) is 71.4 Å². The van der Waals surface area contributed by atoms with Crippen molar-refractivity contribution in [1.82, 2.24) is 10.1 Å². The maximum Gasteiger partial charge on any atom is 0.226 e. The predicted octanol–water partition coefficient (Wildman–Crippen LogP) is 4.23. The number of aryl methyl sites for hydroxylation is 1.